The zero-order chi connectivity index (χ0) is 20.9. The molecule has 6 rings (SSSR count). The molecule has 0 saturated carbocycles. The van der Waals surface area contributed by atoms with E-state index in [1.165, 1.54) is 18.5 Å². The molecular weight excluding hydrogens is 415 g/mol. The van der Waals surface area contributed by atoms with Gasteiger partial charge in [-0.05, 0) is 41.5 Å². The Labute approximate surface area is 182 Å². The molecule has 7 heteroatoms. The maximum atomic E-state index is 13.7. The van der Waals surface area contributed by atoms with Crippen LogP contribution in [0.1, 0.15) is 28.8 Å². The molecular formula is C24H16ClFN4O. The first-order chi connectivity index (χ1) is 15.2. The Kier molecular flexibility index (Phi) is 4.07. The van der Waals surface area contributed by atoms with Gasteiger partial charge in [-0.3, -0.25) is 0 Å². The van der Waals surface area contributed by atoms with Gasteiger partial charge < -0.3 is 10.1 Å². The number of nitrogens with one attached hydrogen (secondary N) is 1. The monoisotopic (exact) mass is 430 g/mol. The number of rotatable bonds is 2. The van der Waals surface area contributed by atoms with Crippen LogP contribution in [0.3, 0.4) is 0 Å². The lowest BCUT2D eigenvalue weighted by Crippen LogP contribution is -2.32. The third-order valence-corrected chi connectivity index (χ3v) is 5.90. The number of ether oxygens (including phenoxy) is 1. The minimum atomic E-state index is -0.445. The number of anilines is 1. The molecule has 2 unspecified atom stereocenters. The summed E-state index contributed by atoms with van der Waals surface area (Å²) in [5.41, 5.74) is 4.60. The van der Waals surface area contributed by atoms with E-state index < -0.39 is 6.10 Å². The molecule has 0 saturated heterocycles. The van der Waals surface area contributed by atoms with E-state index in [2.05, 4.69) is 27.5 Å². The molecule has 3 aromatic carbocycles. The van der Waals surface area contributed by atoms with E-state index in [1.807, 2.05) is 35.0 Å². The normalized spacial score (nSPS) is 19.0. The molecule has 2 atom stereocenters. The predicted octanol–water partition coefficient (Wildman–Crippen LogP) is 5.63. The highest BCUT2D eigenvalue weighted by Crippen LogP contribution is 2.50. The molecule has 1 aromatic heterocycles. The van der Waals surface area contributed by atoms with E-state index in [0.717, 1.165) is 28.0 Å². The number of fused-ring (bicyclic) bond motifs is 3. The molecule has 0 fully saturated rings. The van der Waals surface area contributed by atoms with Crippen LogP contribution in [-0.2, 0) is 0 Å². The summed E-state index contributed by atoms with van der Waals surface area (Å²) in [5, 5.41) is 8.53. The lowest BCUT2D eigenvalue weighted by molar-refractivity contribution is 0.223. The van der Waals surface area contributed by atoms with Crippen LogP contribution in [0.2, 0.25) is 5.02 Å². The molecule has 152 valence electrons. The maximum Gasteiger partial charge on any atom is 0.226 e. The second kappa shape index (κ2) is 6.96. The van der Waals surface area contributed by atoms with Crippen molar-refractivity contribution in [1.29, 1.82) is 0 Å². The van der Waals surface area contributed by atoms with Gasteiger partial charge in [0, 0.05) is 16.2 Å². The van der Waals surface area contributed by atoms with Crippen LogP contribution in [0.4, 0.5) is 10.3 Å². The highest BCUT2D eigenvalue weighted by atomic mass is 35.5. The number of benzene rings is 3. The molecule has 0 aliphatic carbocycles. The standard InChI is InChI=1S/C24H16ClFN4O/c25-16-8-11-19-18(12-16)21-20(23(31-19)15-6-9-17(26)10-7-15)22(14-4-2-1-3-5-14)30-24(29-21)27-13-28-30/h1-13,22-23H,(H,27,28,29). The summed E-state index contributed by atoms with van der Waals surface area (Å²) in [6, 6.07) is 21.8. The maximum absolute atomic E-state index is 13.7. The summed E-state index contributed by atoms with van der Waals surface area (Å²) in [7, 11) is 0. The van der Waals surface area contributed by atoms with E-state index >= 15 is 0 Å². The molecule has 2 aliphatic heterocycles. The zero-order valence-corrected chi connectivity index (χ0v) is 16.9. The molecule has 0 radical (unpaired) electrons. The van der Waals surface area contributed by atoms with Gasteiger partial charge in [0.05, 0.1) is 5.70 Å². The second-order valence-electron chi connectivity index (χ2n) is 7.49. The summed E-state index contributed by atoms with van der Waals surface area (Å²) >= 11 is 6.33. The van der Waals surface area contributed by atoms with Crippen molar-refractivity contribution in [3.63, 3.8) is 0 Å². The fraction of sp³-hybridized carbons (Fsp3) is 0.0833. The summed E-state index contributed by atoms with van der Waals surface area (Å²) in [6.45, 7) is 0. The Balaban J connectivity index is 1.64. The molecule has 31 heavy (non-hydrogen) atoms. The van der Waals surface area contributed by atoms with Crippen LogP contribution in [0.5, 0.6) is 5.75 Å². The van der Waals surface area contributed by atoms with Crippen LogP contribution < -0.4 is 10.1 Å². The third-order valence-electron chi connectivity index (χ3n) is 5.66. The highest BCUT2D eigenvalue weighted by Gasteiger charge is 2.40. The van der Waals surface area contributed by atoms with Gasteiger partial charge in [0.1, 0.15) is 30.0 Å². The largest absolute Gasteiger partial charge is 0.480 e. The number of nitrogens with zero attached hydrogens (tertiary/aromatic N) is 3. The molecule has 4 aromatic rings. The van der Waals surface area contributed by atoms with Gasteiger partial charge >= 0.3 is 0 Å². The molecule has 0 bridgehead atoms. The minimum Gasteiger partial charge on any atom is -0.480 e. The van der Waals surface area contributed by atoms with E-state index in [0.29, 0.717) is 16.7 Å². The van der Waals surface area contributed by atoms with Crippen molar-refractivity contribution in [2.45, 2.75) is 12.1 Å². The third kappa shape index (κ3) is 2.91. The van der Waals surface area contributed by atoms with Crippen molar-refractivity contribution >= 4 is 23.2 Å². The van der Waals surface area contributed by atoms with Crippen LogP contribution in [0, 0.1) is 5.82 Å². The molecule has 5 nitrogen and oxygen atoms in total. The summed E-state index contributed by atoms with van der Waals surface area (Å²) in [5.74, 6) is 1.05. The van der Waals surface area contributed by atoms with Crippen molar-refractivity contribution in [2.75, 3.05) is 5.32 Å². The topological polar surface area (TPSA) is 52.0 Å². The lowest BCUT2D eigenvalue weighted by Gasteiger charge is -2.39. The van der Waals surface area contributed by atoms with Crippen molar-refractivity contribution in [1.82, 2.24) is 14.8 Å². The van der Waals surface area contributed by atoms with E-state index in [1.54, 1.807) is 18.2 Å². The Hall–Kier alpha value is -3.64. The van der Waals surface area contributed by atoms with E-state index in [4.69, 9.17) is 16.3 Å². The smallest absolute Gasteiger partial charge is 0.226 e. The number of hydrogen-bond acceptors (Lipinski definition) is 4. The average molecular weight is 431 g/mol. The molecule has 2 aliphatic rings. The highest BCUT2D eigenvalue weighted by molar-refractivity contribution is 6.30. The van der Waals surface area contributed by atoms with Gasteiger partial charge in [0.2, 0.25) is 5.95 Å². The summed E-state index contributed by atoms with van der Waals surface area (Å²) < 4.78 is 22.0. The van der Waals surface area contributed by atoms with Crippen LogP contribution in [0.15, 0.2) is 84.7 Å². The molecule has 1 N–H and O–H groups in total. The number of halogens is 2. The molecule has 0 spiro atoms. The van der Waals surface area contributed by atoms with Gasteiger partial charge in [-0.1, -0.05) is 54.1 Å². The van der Waals surface area contributed by atoms with Gasteiger partial charge in [-0.2, -0.15) is 10.1 Å². The van der Waals surface area contributed by atoms with Gasteiger partial charge in [0.25, 0.3) is 0 Å². The van der Waals surface area contributed by atoms with Crippen molar-refractivity contribution < 1.29 is 9.13 Å². The van der Waals surface area contributed by atoms with Crippen LogP contribution >= 0.6 is 11.6 Å². The average Bonchev–Trinajstić information content (AvgIpc) is 3.27. The fourth-order valence-corrected chi connectivity index (χ4v) is 4.48. The second-order valence-corrected chi connectivity index (χ2v) is 7.92. The fourth-order valence-electron chi connectivity index (χ4n) is 4.31. The van der Waals surface area contributed by atoms with E-state index in [-0.39, 0.29) is 11.9 Å². The zero-order valence-electron chi connectivity index (χ0n) is 16.2. The van der Waals surface area contributed by atoms with Crippen LogP contribution in [0.25, 0.3) is 5.70 Å². The molecule has 0 amide bonds. The minimum absolute atomic E-state index is 0.253. The predicted molar refractivity (Wildman–Crippen MR) is 116 cm³/mol. The van der Waals surface area contributed by atoms with Crippen molar-refractivity contribution in [3.05, 3.63) is 112 Å². The first kappa shape index (κ1) is 18.2. The van der Waals surface area contributed by atoms with Crippen LogP contribution in [-0.4, -0.2) is 14.8 Å². The van der Waals surface area contributed by atoms with Gasteiger partial charge in [-0.25, -0.2) is 9.07 Å². The number of aromatic nitrogens is 3. The summed E-state index contributed by atoms with van der Waals surface area (Å²) in [6.07, 6.45) is 1.09. The lowest BCUT2D eigenvalue weighted by atomic mass is 9.84. The Bertz CT molecular complexity index is 1320. The first-order valence-corrected chi connectivity index (χ1v) is 10.2. The molecule has 3 heterocycles. The summed E-state index contributed by atoms with van der Waals surface area (Å²) in [4.78, 5) is 4.41. The SMILES string of the molecule is Fc1ccc(C2Oc3ccc(Cl)cc3C3=C2C(c2ccccc2)n2ncnc2N3)cc1. The first-order valence-electron chi connectivity index (χ1n) is 9.86. The Morgan fingerprint density at radius 2 is 1.77 bits per heavy atom. The number of hydrogen-bond donors (Lipinski definition) is 1. The van der Waals surface area contributed by atoms with Crippen molar-refractivity contribution in [3.8, 4) is 5.75 Å². The van der Waals surface area contributed by atoms with Gasteiger partial charge in [-0.15, -0.1) is 0 Å². The van der Waals surface area contributed by atoms with Crippen molar-refractivity contribution in [2.24, 2.45) is 0 Å². The van der Waals surface area contributed by atoms with E-state index in [9.17, 15) is 4.39 Å². The Morgan fingerprint density at radius 1 is 0.968 bits per heavy atom. The van der Waals surface area contributed by atoms with Gasteiger partial charge in [0.15, 0.2) is 0 Å². The Morgan fingerprint density at radius 3 is 2.58 bits per heavy atom. The quantitative estimate of drug-likeness (QED) is 0.447.